The van der Waals surface area contributed by atoms with Crippen molar-refractivity contribution in [1.82, 2.24) is 9.97 Å². The van der Waals surface area contributed by atoms with Crippen LogP contribution in [0, 0.1) is 0 Å². The van der Waals surface area contributed by atoms with Crippen LogP contribution in [0.15, 0.2) is 30.6 Å². The summed E-state index contributed by atoms with van der Waals surface area (Å²) in [5.74, 6) is 2.07. The second-order valence-corrected chi connectivity index (χ2v) is 6.15. The van der Waals surface area contributed by atoms with Crippen LogP contribution in [0.25, 0.3) is 0 Å². The van der Waals surface area contributed by atoms with Crippen LogP contribution < -0.4 is 14.5 Å². The van der Waals surface area contributed by atoms with E-state index in [1.54, 1.807) is 13.4 Å². The normalized spacial score (nSPS) is 17.3. The zero-order chi connectivity index (χ0) is 15.6. The first-order valence-corrected chi connectivity index (χ1v) is 8.32. The molecule has 5 nitrogen and oxygen atoms in total. The van der Waals surface area contributed by atoms with Crippen molar-refractivity contribution < 1.29 is 4.74 Å². The number of nitrogens with zero attached hydrogens (tertiary/aromatic N) is 4. The number of rotatable bonds is 3. The third-order valence-electron chi connectivity index (χ3n) is 4.87. The lowest BCUT2D eigenvalue weighted by Crippen LogP contribution is -2.47. The molecule has 1 saturated heterocycles. The predicted octanol–water partition coefficient (Wildman–Crippen LogP) is 2.30. The van der Waals surface area contributed by atoms with Crippen molar-refractivity contribution in [3.05, 3.63) is 41.9 Å². The van der Waals surface area contributed by atoms with Crippen LogP contribution in [-0.2, 0) is 12.8 Å². The summed E-state index contributed by atoms with van der Waals surface area (Å²) in [5, 5.41) is 0. The molecule has 0 atom stereocenters. The Bertz CT molecular complexity index is 678. The third kappa shape index (κ3) is 2.71. The van der Waals surface area contributed by atoms with Crippen molar-refractivity contribution in [3.8, 4) is 5.75 Å². The average Bonchev–Trinajstić information content (AvgIpc) is 3.11. The van der Waals surface area contributed by atoms with Crippen molar-refractivity contribution >= 4 is 11.5 Å². The number of aromatic nitrogens is 2. The Morgan fingerprint density at radius 1 is 0.913 bits per heavy atom. The van der Waals surface area contributed by atoms with E-state index < -0.39 is 0 Å². The summed E-state index contributed by atoms with van der Waals surface area (Å²) in [5.41, 5.74) is 3.90. The maximum absolute atomic E-state index is 5.23. The third-order valence-corrected chi connectivity index (χ3v) is 4.87. The maximum Gasteiger partial charge on any atom is 0.135 e. The first kappa shape index (κ1) is 14.3. The molecule has 1 aliphatic carbocycles. The molecule has 1 fully saturated rings. The maximum atomic E-state index is 5.23. The Balaban J connectivity index is 1.46. The summed E-state index contributed by atoms with van der Waals surface area (Å²) in [4.78, 5) is 13.9. The SMILES string of the molecule is COc1ccc(N2CCN(c3ncnc4c3CCC4)CC2)cc1. The molecule has 1 aromatic carbocycles. The number of ether oxygens (including phenoxy) is 1. The van der Waals surface area contributed by atoms with E-state index in [1.165, 1.54) is 29.2 Å². The zero-order valence-electron chi connectivity index (χ0n) is 13.5. The van der Waals surface area contributed by atoms with Crippen LogP contribution in [0.1, 0.15) is 17.7 Å². The lowest BCUT2D eigenvalue weighted by atomic mass is 10.2. The van der Waals surface area contributed by atoms with Crippen LogP contribution in [0.2, 0.25) is 0 Å². The Hall–Kier alpha value is -2.30. The van der Waals surface area contributed by atoms with Gasteiger partial charge in [-0.3, -0.25) is 0 Å². The number of hydrogen-bond acceptors (Lipinski definition) is 5. The molecule has 1 aromatic heterocycles. The van der Waals surface area contributed by atoms with Gasteiger partial charge in [-0.15, -0.1) is 0 Å². The minimum Gasteiger partial charge on any atom is -0.497 e. The predicted molar refractivity (Wildman–Crippen MR) is 91.5 cm³/mol. The quantitative estimate of drug-likeness (QED) is 0.870. The minimum atomic E-state index is 0.906. The van der Waals surface area contributed by atoms with Crippen LogP contribution >= 0.6 is 0 Å². The number of anilines is 2. The van der Waals surface area contributed by atoms with Gasteiger partial charge in [-0.05, 0) is 43.5 Å². The molecule has 0 unspecified atom stereocenters. The van der Waals surface area contributed by atoms with Gasteiger partial charge in [-0.2, -0.15) is 0 Å². The van der Waals surface area contributed by atoms with Gasteiger partial charge in [0, 0.05) is 43.1 Å². The van der Waals surface area contributed by atoms with Crippen molar-refractivity contribution in [1.29, 1.82) is 0 Å². The van der Waals surface area contributed by atoms with Gasteiger partial charge in [0.15, 0.2) is 0 Å². The number of fused-ring (bicyclic) bond motifs is 1. The van der Waals surface area contributed by atoms with Gasteiger partial charge in [0.05, 0.1) is 7.11 Å². The molecule has 4 rings (SSSR count). The van der Waals surface area contributed by atoms with E-state index in [9.17, 15) is 0 Å². The summed E-state index contributed by atoms with van der Waals surface area (Å²) < 4.78 is 5.23. The minimum absolute atomic E-state index is 0.906. The molecule has 1 aliphatic heterocycles. The second-order valence-electron chi connectivity index (χ2n) is 6.15. The van der Waals surface area contributed by atoms with E-state index in [-0.39, 0.29) is 0 Å². The first-order chi connectivity index (χ1) is 11.3. The molecule has 0 spiro atoms. The summed E-state index contributed by atoms with van der Waals surface area (Å²) in [6.07, 6.45) is 5.18. The standard InChI is InChI=1S/C18H22N4O/c1-23-15-7-5-14(6-8-15)21-9-11-22(12-10-21)18-16-3-2-4-17(16)19-13-20-18/h5-8,13H,2-4,9-12H2,1H3. The van der Waals surface area contributed by atoms with E-state index in [1.807, 2.05) is 12.1 Å². The topological polar surface area (TPSA) is 41.5 Å². The molecule has 0 N–H and O–H groups in total. The van der Waals surface area contributed by atoms with E-state index >= 15 is 0 Å². The number of piperazine rings is 1. The molecule has 2 heterocycles. The summed E-state index contributed by atoms with van der Waals surface area (Å²) >= 11 is 0. The number of methoxy groups -OCH3 is 1. The zero-order valence-corrected chi connectivity index (χ0v) is 13.5. The van der Waals surface area contributed by atoms with E-state index in [2.05, 4.69) is 31.9 Å². The molecule has 0 amide bonds. The number of hydrogen-bond donors (Lipinski definition) is 0. The van der Waals surface area contributed by atoms with E-state index in [0.717, 1.165) is 44.8 Å². The molecular weight excluding hydrogens is 288 g/mol. The molecule has 0 bridgehead atoms. The highest BCUT2D eigenvalue weighted by Gasteiger charge is 2.24. The van der Waals surface area contributed by atoms with Crippen molar-refractivity contribution in [2.75, 3.05) is 43.1 Å². The molecule has 5 heteroatoms. The van der Waals surface area contributed by atoms with Gasteiger partial charge in [0.2, 0.25) is 0 Å². The molecule has 23 heavy (non-hydrogen) atoms. The lowest BCUT2D eigenvalue weighted by molar-refractivity contribution is 0.415. The molecule has 0 radical (unpaired) electrons. The molecule has 2 aliphatic rings. The fraction of sp³-hybridized carbons (Fsp3) is 0.444. The average molecular weight is 310 g/mol. The van der Waals surface area contributed by atoms with E-state index in [0.29, 0.717) is 0 Å². The van der Waals surface area contributed by atoms with Crippen LogP contribution in [0.4, 0.5) is 11.5 Å². The Kier molecular flexibility index (Phi) is 3.77. The summed E-state index contributed by atoms with van der Waals surface area (Å²) in [6, 6.07) is 8.33. The molecular formula is C18H22N4O. The largest absolute Gasteiger partial charge is 0.497 e. The van der Waals surface area contributed by atoms with Gasteiger partial charge in [0.1, 0.15) is 17.9 Å². The Morgan fingerprint density at radius 3 is 2.39 bits per heavy atom. The van der Waals surface area contributed by atoms with E-state index in [4.69, 9.17) is 4.74 Å². The fourth-order valence-corrected chi connectivity index (χ4v) is 3.58. The molecule has 0 saturated carbocycles. The number of aryl methyl sites for hydroxylation is 1. The van der Waals surface area contributed by atoms with Crippen molar-refractivity contribution in [2.24, 2.45) is 0 Å². The van der Waals surface area contributed by atoms with Crippen molar-refractivity contribution in [2.45, 2.75) is 19.3 Å². The van der Waals surface area contributed by atoms with Gasteiger partial charge in [-0.1, -0.05) is 0 Å². The lowest BCUT2D eigenvalue weighted by Gasteiger charge is -2.37. The van der Waals surface area contributed by atoms with Gasteiger partial charge in [-0.25, -0.2) is 9.97 Å². The van der Waals surface area contributed by atoms with Crippen LogP contribution in [-0.4, -0.2) is 43.3 Å². The van der Waals surface area contributed by atoms with Gasteiger partial charge in [0.25, 0.3) is 0 Å². The molecule has 2 aromatic rings. The van der Waals surface area contributed by atoms with Crippen LogP contribution in [0.5, 0.6) is 5.75 Å². The Morgan fingerprint density at radius 2 is 1.65 bits per heavy atom. The number of benzene rings is 1. The highest BCUT2D eigenvalue weighted by Crippen LogP contribution is 2.29. The van der Waals surface area contributed by atoms with Gasteiger partial charge < -0.3 is 14.5 Å². The summed E-state index contributed by atoms with van der Waals surface area (Å²) in [6.45, 7) is 4.06. The van der Waals surface area contributed by atoms with Crippen LogP contribution in [0.3, 0.4) is 0 Å². The Labute approximate surface area is 136 Å². The smallest absolute Gasteiger partial charge is 0.135 e. The first-order valence-electron chi connectivity index (χ1n) is 8.32. The van der Waals surface area contributed by atoms with Crippen molar-refractivity contribution in [3.63, 3.8) is 0 Å². The summed E-state index contributed by atoms with van der Waals surface area (Å²) in [7, 11) is 1.70. The molecule has 120 valence electrons. The fourth-order valence-electron chi connectivity index (χ4n) is 3.58. The monoisotopic (exact) mass is 310 g/mol. The second kappa shape index (κ2) is 6.07. The highest BCUT2D eigenvalue weighted by atomic mass is 16.5. The van der Waals surface area contributed by atoms with Gasteiger partial charge >= 0.3 is 0 Å². The highest BCUT2D eigenvalue weighted by molar-refractivity contribution is 5.54.